The molecule has 0 spiro atoms. The van der Waals surface area contributed by atoms with Crippen LogP contribution in [0.15, 0.2) is 42.5 Å². The van der Waals surface area contributed by atoms with Crippen LogP contribution in [0, 0.1) is 5.41 Å². The molecule has 2 rings (SSSR count). The zero-order valence-electron chi connectivity index (χ0n) is 14.0. The number of hydrazine groups is 1. The maximum absolute atomic E-state index is 12.3. The lowest BCUT2D eigenvalue weighted by Crippen LogP contribution is -2.46. The number of nitrogens with one attached hydrogen (secondary N) is 1. The molecule has 0 fully saturated rings. The van der Waals surface area contributed by atoms with E-state index in [-0.39, 0.29) is 12.2 Å². The summed E-state index contributed by atoms with van der Waals surface area (Å²) in [5, 5.41) is 7.80. The Morgan fingerprint density at radius 3 is 2.32 bits per heavy atom. The number of amides is 1. The first-order chi connectivity index (χ1) is 12.0. The fourth-order valence-electron chi connectivity index (χ4n) is 2.14. The average molecular weight is 344 g/mol. The van der Waals surface area contributed by atoms with E-state index < -0.39 is 11.9 Å². The van der Waals surface area contributed by atoms with Gasteiger partial charge in [-0.1, -0.05) is 30.3 Å². The van der Waals surface area contributed by atoms with Crippen molar-refractivity contribution < 1.29 is 19.0 Å². The van der Waals surface area contributed by atoms with Crippen LogP contribution < -0.4 is 25.8 Å². The molecule has 5 N–H and O–H groups in total. The van der Waals surface area contributed by atoms with Crippen LogP contribution in [-0.4, -0.2) is 31.1 Å². The number of nitrogens with zero attached hydrogens (tertiary/aromatic N) is 1. The minimum Gasteiger partial charge on any atom is -0.493 e. The number of carbonyl (C=O) groups excluding carboxylic acids is 1. The Labute approximate surface area is 145 Å². The van der Waals surface area contributed by atoms with Gasteiger partial charge in [0, 0.05) is 5.56 Å². The SMILES string of the molecule is COc1cc(C(=O)N(N)C(=N)N)cc(OCc2ccccc2)c1OC. The standard InChI is InChI=1S/C17H20N4O4/c1-23-13-8-12(16(22)21(20)17(18)19)9-14(15(13)24-2)25-10-11-6-4-3-5-7-11/h3-9H,10,20H2,1-2H3,(H3,18,19). The quantitative estimate of drug-likeness (QED) is 0.240. The molecule has 0 atom stereocenters. The number of carbonyl (C=O) groups is 1. The van der Waals surface area contributed by atoms with Crippen molar-refractivity contribution in [1.29, 1.82) is 5.41 Å². The van der Waals surface area contributed by atoms with E-state index in [0.717, 1.165) is 5.56 Å². The van der Waals surface area contributed by atoms with Crippen molar-refractivity contribution in [1.82, 2.24) is 5.01 Å². The van der Waals surface area contributed by atoms with E-state index in [1.165, 1.54) is 26.4 Å². The fourth-order valence-corrected chi connectivity index (χ4v) is 2.14. The number of guanidine groups is 1. The number of hydrogen-bond acceptors (Lipinski definition) is 6. The van der Waals surface area contributed by atoms with E-state index in [9.17, 15) is 4.79 Å². The zero-order valence-corrected chi connectivity index (χ0v) is 14.0. The summed E-state index contributed by atoms with van der Waals surface area (Å²) in [5.74, 6) is 5.20. The summed E-state index contributed by atoms with van der Waals surface area (Å²) in [5.41, 5.74) is 6.35. The van der Waals surface area contributed by atoms with E-state index >= 15 is 0 Å². The Kier molecular flexibility index (Phi) is 5.80. The molecule has 0 bridgehead atoms. The summed E-state index contributed by atoms with van der Waals surface area (Å²) in [4.78, 5) is 12.3. The molecule has 132 valence electrons. The van der Waals surface area contributed by atoms with Crippen LogP contribution in [-0.2, 0) is 6.61 Å². The Bertz CT molecular complexity index is 765. The molecule has 0 saturated heterocycles. The highest BCUT2D eigenvalue weighted by Crippen LogP contribution is 2.39. The largest absolute Gasteiger partial charge is 0.493 e. The fraction of sp³-hybridized carbons (Fsp3) is 0.176. The second-order valence-corrected chi connectivity index (χ2v) is 5.04. The number of rotatable bonds is 6. The Morgan fingerprint density at radius 1 is 1.12 bits per heavy atom. The van der Waals surface area contributed by atoms with Gasteiger partial charge in [0.1, 0.15) is 6.61 Å². The van der Waals surface area contributed by atoms with Crippen LogP contribution in [0.4, 0.5) is 0 Å². The molecule has 0 aliphatic heterocycles. The number of hydrogen-bond donors (Lipinski definition) is 3. The van der Waals surface area contributed by atoms with E-state index in [1.54, 1.807) is 0 Å². The smallest absolute Gasteiger partial charge is 0.275 e. The van der Waals surface area contributed by atoms with E-state index in [4.69, 9.17) is 31.2 Å². The molecule has 0 aliphatic carbocycles. The van der Waals surface area contributed by atoms with Crippen molar-refractivity contribution >= 4 is 11.9 Å². The van der Waals surface area contributed by atoms with Crippen LogP contribution in [0.1, 0.15) is 15.9 Å². The van der Waals surface area contributed by atoms with Gasteiger partial charge in [0.2, 0.25) is 11.7 Å². The second-order valence-electron chi connectivity index (χ2n) is 5.04. The van der Waals surface area contributed by atoms with Gasteiger partial charge in [0.05, 0.1) is 14.2 Å². The van der Waals surface area contributed by atoms with Crippen molar-refractivity contribution in [3.8, 4) is 17.2 Å². The summed E-state index contributed by atoms with van der Waals surface area (Å²) >= 11 is 0. The van der Waals surface area contributed by atoms with Gasteiger partial charge in [-0.3, -0.25) is 10.2 Å². The molecule has 8 nitrogen and oxygen atoms in total. The van der Waals surface area contributed by atoms with E-state index in [2.05, 4.69) is 0 Å². The molecule has 0 saturated carbocycles. The second kappa shape index (κ2) is 8.02. The van der Waals surface area contributed by atoms with Gasteiger partial charge in [0.25, 0.3) is 5.91 Å². The highest BCUT2D eigenvalue weighted by molar-refractivity contribution is 6.04. The molecule has 0 unspecified atom stereocenters. The van der Waals surface area contributed by atoms with Gasteiger partial charge < -0.3 is 19.9 Å². The third kappa shape index (κ3) is 4.18. The predicted octanol–water partition coefficient (Wildman–Crippen LogP) is 1.49. The average Bonchev–Trinajstić information content (AvgIpc) is 2.64. The number of benzene rings is 2. The summed E-state index contributed by atoms with van der Waals surface area (Å²) in [7, 11) is 2.91. The molecular formula is C17H20N4O4. The first-order valence-electron chi connectivity index (χ1n) is 7.33. The van der Waals surface area contributed by atoms with Gasteiger partial charge >= 0.3 is 0 Å². The van der Waals surface area contributed by atoms with Crippen molar-refractivity contribution in [2.75, 3.05) is 14.2 Å². The van der Waals surface area contributed by atoms with Crippen molar-refractivity contribution in [2.24, 2.45) is 11.6 Å². The molecule has 0 aromatic heterocycles. The van der Waals surface area contributed by atoms with Gasteiger partial charge in [-0.25, -0.2) is 10.9 Å². The Morgan fingerprint density at radius 2 is 1.76 bits per heavy atom. The Balaban J connectivity index is 2.37. The third-order valence-electron chi connectivity index (χ3n) is 3.41. The summed E-state index contributed by atoms with van der Waals surface area (Å²) < 4.78 is 16.4. The third-order valence-corrected chi connectivity index (χ3v) is 3.41. The molecule has 25 heavy (non-hydrogen) atoms. The number of nitrogens with two attached hydrogens (primary N) is 2. The highest BCUT2D eigenvalue weighted by atomic mass is 16.5. The topological polar surface area (TPSA) is 124 Å². The van der Waals surface area contributed by atoms with Crippen LogP contribution >= 0.6 is 0 Å². The highest BCUT2D eigenvalue weighted by Gasteiger charge is 2.21. The first kappa shape index (κ1) is 18.1. The van der Waals surface area contributed by atoms with Gasteiger partial charge in [-0.15, -0.1) is 0 Å². The summed E-state index contributed by atoms with van der Waals surface area (Å²) in [6.07, 6.45) is 0. The van der Waals surface area contributed by atoms with E-state index in [0.29, 0.717) is 22.3 Å². The molecule has 8 heteroatoms. The van der Waals surface area contributed by atoms with Crippen LogP contribution in [0.25, 0.3) is 0 Å². The Hall–Kier alpha value is -3.26. The number of ether oxygens (including phenoxy) is 3. The molecular weight excluding hydrogens is 324 g/mol. The normalized spacial score (nSPS) is 10.0. The maximum atomic E-state index is 12.3. The number of methoxy groups -OCH3 is 2. The van der Waals surface area contributed by atoms with Gasteiger partial charge in [0.15, 0.2) is 11.5 Å². The molecule has 0 heterocycles. The van der Waals surface area contributed by atoms with Crippen molar-refractivity contribution in [3.05, 3.63) is 53.6 Å². The molecule has 1 amide bonds. The lowest BCUT2D eigenvalue weighted by Gasteiger charge is -2.18. The monoisotopic (exact) mass is 344 g/mol. The molecule has 0 radical (unpaired) electrons. The lowest BCUT2D eigenvalue weighted by molar-refractivity contribution is 0.0843. The predicted molar refractivity (Wildman–Crippen MR) is 92.6 cm³/mol. The molecule has 2 aromatic rings. The minimum absolute atomic E-state index is 0.151. The van der Waals surface area contributed by atoms with Gasteiger partial charge in [-0.2, -0.15) is 0 Å². The maximum Gasteiger partial charge on any atom is 0.275 e. The molecule has 2 aromatic carbocycles. The van der Waals surface area contributed by atoms with Gasteiger partial charge in [-0.05, 0) is 17.7 Å². The zero-order chi connectivity index (χ0) is 18.4. The van der Waals surface area contributed by atoms with Crippen LogP contribution in [0.3, 0.4) is 0 Å². The van der Waals surface area contributed by atoms with Crippen molar-refractivity contribution in [2.45, 2.75) is 6.61 Å². The van der Waals surface area contributed by atoms with Crippen LogP contribution in [0.2, 0.25) is 0 Å². The summed E-state index contributed by atoms with van der Waals surface area (Å²) in [6, 6.07) is 12.4. The minimum atomic E-state index is -0.669. The summed E-state index contributed by atoms with van der Waals surface area (Å²) in [6.45, 7) is 0.275. The first-order valence-corrected chi connectivity index (χ1v) is 7.33. The van der Waals surface area contributed by atoms with Crippen LogP contribution in [0.5, 0.6) is 17.2 Å². The lowest BCUT2D eigenvalue weighted by atomic mass is 10.1. The van der Waals surface area contributed by atoms with E-state index in [1.807, 2.05) is 30.3 Å². The molecule has 0 aliphatic rings. The van der Waals surface area contributed by atoms with Crippen molar-refractivity contribution in [3.63, 3.8) is 0 Å².